The largest absolute Gasteiger partial charge is 0.497 e. The highest BCUT2D eigenvalue weighted by atomic mass is 16.6. The second-order valence-electron chi connectivity index (χ2n) is 8.14. The fraction of sp³-hybridized carbons (Fsp3) is 0.222. The summed E-state index contributed by atoms with van der Waals surface area (Å²) in [7, 11) is 1.56. The number of ether oxygens (including phenoxy) is 3. The van der Waals surface area contributed by atoms with E-state index in [1.165, 1.54) is 6.92 Å². The van der Waals surface area contributed by atoms with Crippen LogP contribution in [-0.4, -0.2) is 24.9 Å². The van der Waals surface area contributed by atoms with E-state index in [1.54, 1.807) is 67.8 Å². The standard InChI is InChI=1S/C27H25NO6/c1-4-7-17-14-19(24(29)18-8-5-10-21(15-18)32-3)12-13-23(17)33-22-11-6-9-20(16-22)27(2)25(30)28-26(31)34-27/h5-6,8-16H,4,7H2,1-3H3,(H,28,30,31)/t27-/m1/s1. The Hall–Kier alpha value is -4.13. The molecule has 0 spiro atoms. The van der Waals surface area contributed by atoms with Crippen LogP contribution in [0.1, 0.15) is 47.3 Å². The lowest BCUT2D eigenvalue weighted by Gasteiger charge is -2.20. The van der Waals surface area contributed by atoms with Crippen LogP contribution in [0.5, 0.6) is 17.2 Å². The molecule has 0 radical (unpaired) electrons. The van der Waals surface area contributed by atoms with Crippen molar-refractivity contribution in [2.75, 3.05) is 7.11 Å². The van der Waals surface area contributed by atoms with Gasteiger partial charge < -0.3 is 14.2 Å². The van der Waals surface area contributed by atoms with Gasteiger partial charge in [0, 0.05) is 16.7 Å². The Morgan fingerprint density at radius 3 is 2.41 bits per heavy atom. The van der Waals surface area contributed by atoms with E-state index in [-0.39, 0.29) is 5.78 Å². The summed E-state index contributed by atoms with van der Waals surface area (Å²) < 4.78 is 16.6. The molecule has 0 bridgehead atoms. The third-order valence-corrected chi connectivity index (χ3v) is 5.73. The highest BCUT2D eigenvalue weighted by molar-refractivity contribution is 6.09. The number of imide groups is 1. The zero-order chi connectivity index (χ0) is 24.3. The molecule has 174 valence electrons. The Morgan fingerprint density at radius 1 is 0.971 bits per heavy atom. The maximum atomic E-state index is 13.0. The number of methoxy groups -OCH3 is 1. The van der Waals surface area contributed by atoms with Gasteiger partial charge in [0.1, 0.15) is 17.2 Å². The zero-order valence-corrected chi connectivity index (χ0v) is 19.2. The number of carbonyl (C=O) groups is 3. The minimum atomic E-state index is -1.42. The lowest BCUT2D eigenvalue weighted by Crippen LogP contribution is -2.33. The number of hydrogen-bond acceptors (Lipinski definition) is 6. The molecular weight excluding hydrogens is 434 g/mol. The normalized spacial score (nSPS) is 17.1. The molecule has 1 fully saturated rings. The number of rotatable bonds is 8. The highest BCUT2D eigenvalue weighted by Gasteiger charge is 2.46. The zero-order valence-electron chi connectivity index (χ0n) is 19.2. The molecule has 7 nitrogen and oxygen atoms in total. The average molecular weight is 459 g/mol. The first-order valence-corrected chi connectivity index (χ1v) is 11.0. The number of hydrogen-bond donors (Lipinski definition) is 1. The topological polar surface area (TPSA) is 90.9 Å². The Morgan fingerprint density at radius 2 is 1.71 bits per heavy atom. The lowest BCUT2D eigenvalue weighted by molar-refractivity contribution is -0.130. The molecule has 1 saturated heterocycles. The molecule has 3 aromatic carbocycles. The Kier molecular flexibility index (Phi) is 6.36. The molecule has 1 atom stereocenters. The summed E-state index contributed by atoms with van der Waals surface area (Å²) in [6.07, 6.45) is 0.799. The van der Waals surface area contributed by atoms with Gasteiger partial charge in [0.2, 0.25) is 5.60 Å². The van der Waals surface area contributed by atoms with E-state index in [0.717, 1.165) is 12.0 Å². The van der Waals surface area contributed by atoms with E-state index < -0.39 is 17.6 Å². The SMILES string of the molecule is CCCc1cc(C(=O)c2cccc(OC)c2)ccc1Oc1cccc([C@@]2(C)OC(=O)NC2=O)c1. The number of amides is 2. The Balaban J connectivity index is 1.62. The molecular formula is C27H25NO6. The summed E-state index contributed by atoms with van der Waals surface area (Å²) in [6, 6.07) is 19.3. The van der Waals surface area contributed by atoms with Gasteiger partial charge >= 0.3 is 6.09 Å². The van der Waals surface area contributed by atoms with Crippen LogP contribution in [0.3, 0.4) is 0 Å². The van der Waals surface area contributed by atoms with Crippen molar-refractivity contribution in [3.05, 3.63) is 89.0 Å². The van der Waals surface area contributed by atoms with Crippen LogP contribution in [0.2, 0.25) is 0 Å². The van der Waals surface area contributed by atoms with Crippen LogP contribution in [0.25, 0.3) is 0 Å². The van der Waals surface area contributed by atoms with E-state index in [9.17, 15) is 14.4 Å². The maximum Gasteiger partial charge on any atom is 0.415 e. The first kappa shape index (κ1) is 23.0. The first-order valence-electron chi connectivity index (χ1n) is 11.0. The molecule has 1 aliphatic rings. The van der Waals surface area contributed by atoms with Gasteiger partial charge in [-0.05, 0) is 61.4 Å². The molecule has 1 heterocycles. The van der Waals surface area contributed by atoms with Crippen molar-refractivity contribution in [1.82, 2.24) is 5.32 Å². The van der Waals surface area contributed by atoms with Crippen molar-refractivity contribution >= 4 is 17.8 Å². The number of alkyl carbamates (subject to hydrolysis) is 1. The van der Waals surface area contributed by atoms with E-state index in [1.807, 2.05) is 6.07 Å². The Labute approximate surface area is 197 Å². The van der Waals surface area contributed by atoms with E-state index in [0.29, 0.717) is 40.4 Å². The summed E-state index contributed by atoms with van der Waals surface area (Å²) in [4.78, 5) is 36.8. The molecule has 0 unspecified atom stereocenters. The van der Waals surface area contributed by atoms with Crippen LogP contribution in [0, 0.1) is 0 Å². The van der Waals surface area contributed by atoms with Gasteiger partial charge in [-0.2, -0.15) is 0 Å². The summed E-state index contributed by atoms with van der Waals surface area (Å²) >= 11 is 0. The van der Waals surface area contributed by atoms with Crippen LogP contribution in [0.4, 0.5) is 4.79 Å². The van der Waals surface area contributed by atoms with E-state index in [2.05, 4.69) is 12.2 Å². The van der Waals surface area contributed by atoms with Crippen LogP contribution >= 0.6 is 0 Å². The van der Waals surface area contributed by atoms with Crippen molar-refractivity contribution in [2.24, 2.45) is 0 Å². The molecule has 0 saturated carbocycles. The first-order chi connectivity index (χ1) is 16.3. The van der Waals surface area contributed by atoms with Crippen LogP contribution < -0.4 is 14.8 Å². The van der Waals surface area contributed by atoms with Crippen molar-refractivity contribution in [2.45, 2.75) is 32.3 Å². The number of ketones is 1. The second-order valence-corrected chi connectivity index (χ2v) is 8.14. The van der Waals surface area contributed by atoms with E-state index >= 15 is 0 Å². The van der Waals surface area contributed by atoms with Gasteiger partial charge in [0.25, 0.3) is 5.91 Å². The number of cyclic esters (lactones) is 1. The van der Waals surface area contributed by atoms with Crippen molar-refractivity contribution in [3.8, 4) is 17.2 Å². The summed E-state index contributed by atoms with van der Waals surface area (Å²) in [5, 5.41) is 2.16. The predicted octanol–water partition coefficient (Wildman–Crippen LogP) is 5.15. The van der Waals surface area contributed by atoms with Gasteiger partial charge in [0.05, 0.1) is 7.11 Å². The molecule has 0 aliphatic carbocycles. The predicted molar refractivity (Wildman–Crippen MR) is 125 cm³/mol. The van der Waals surface area contributed by atoms with Crippen LogP contribution in [0.15, 0.2) is 66.7 Å². The van der Waals surface area contributed by atoms with Crippen molar-refractivity contribution < 1.29 is 28.6 Å². The van der Waals surface area contributed by atoms with Gasteiger partial charge in [-0.25, -0.2) is 4.79 Å². The fourth-order valence-corrected chi connectivity index (χ4v) is 3.86. The lowest BCUT2D eigenvalue weighted by atomic mass is 9.95. The van der Waals surface area contributed by atoms with Gasteiger partial charge in [0.15, 0.2) is 5.78 Å². The molecule has 4 rings (SSSR count). The summed E-state index contributed by atoms with van der Waals surface area (Å²) in [5.41, 5.74) is 1.06. The monoisotopic (exact) mass is 459 g/mol. The molecule has 2 amide bonds. The molecule has 0 aromatic heterocycles. The number of carbonyl (C=O) groups excluding carboxylic acids is 3. The van der Waals surface area contributed by atoms with Gasteiger partial charge in [-0.3, -0.25) is 14.9 Å². The quantitative estimate of drug-likeness (QED) is 0.469. The fourth-order valence-electron chi connectivity index (χ4n) is 3.86. The minimum Gasteiger partial charge on any atom is -0.497 e. The van der Waals surface area contributed by atoms with Gasteiger partial charge in [-0.1, -0.05) is 37.6 Å². The smallest absolute Gasteiger partial charge is 0.415 e. The molecule has 7 heteroatoms. The average Bonchev–Trinajstić information content (AvgIpc) is 3.12. The molecule has 34 heavy (non-hydrogen) atoms. The minimum absolute atomic E-state index is 0.105. The Bertz CT molecular complexity index is 1270. The second kappa shape index (κ2) is 9.39. The highest BCUT2D eigenvalue weighted by Crippen LogP contribution is 2.34. The van der Waals surface area contributed by atoms with Crippen LogP contribution in [-0.2, 0) is 21.6 Å². The molecule has 3 aromatic rings. The summed E-state index contributed by atoms with van der Waals surface area (Å²) in [5.74, 6) is 1.08. The van der Waals surface area contributed by atoms with Gasteiger partial charge in [-0.15, -0.1) is 0 Å². The molecule has 1 aliphatic heterocycles. The molecule has 1 N–H and O–H groups in total. The third-order valence-electron chi connectivity index (χ3n) is 5.73. The number of nitrogens with one attached hydrogen (secondary N) is 1. The number of aryl methyl sites for hydroxylation is 1. The maximum absolute atomic E-state index is 13.0. The van der Waals surface area contributed by atoms with E-state index in [4.69, 9.17) is 14.2 Å². The number of benzene rings is 3. The summed E-state index contributed by atoms with van der Waals surface area (Å²) in [6.45, 7) is 3.59. The third kappa shape index (κ3) is 4.50. The van der Waals surface area contributed by atoms with Crippen molar-refractivity contribution in [3.63, 3.8) is 0 Å². The van der Waals surface area contributed by atoms with Crippen molar-refractivity contribution in [1.29, 1.82) is 0 Å².